The van der Waals surface area contributed by atoms with E-state index in [-0.39, 0.29) is 17.3 Å². The number of nitrogens with zero attached hydrogens (tertiary/aromatic N) is 1. The average Bonchev–Trinajstić information content (AvgIpc) is 2.76. The number of rotatable bonds is 3. The Morgan fingerprint density at radius 3 is 2.67 bits per heavy atom. The molecule has 5 nitrogen and oxygen atoms in total. The predicted octanol–water partition coefficient (Wildman–Crippen LogP) is 3.22. The van der Waals surface area contributed by atoms with Crippen LogP contribution in [0.1, 0.15) is 15.2 Å². The minimum atomic E-state index is -0.517. The maximum Gasteiger partial charge on any atom is 0.292 e. The minimum Gasteiger partial charge on any atom is -0.316 e. The molecule has 0 aliphatic rings. The maximum atomic E-state index is 11.9. The van der Waals surface area contributed by atoms with Gasteiger partial charge >= 0.3 is 0 Å². The van der Waals surface area contributed by atoms with Crippen molar-refractivity contribution in [2.45, 2.75) is 6.92 Å². The number of hydrogen-bond acceptors (Lipinski definition) is 4. The number of aryl methyl sites for hydroxylation is 1. The van der Waals surface area contributed by atoms with Crippen molar-refractivity contribution in [3.63, 3.8) is 0 Å². The molecule has 0 aliphatic carbocycles. The van der Waals surface area contributed by atoms with E-state index in [4.69, 9.17) is 0 Å². The quantitative estimate of drug-likeness (QED) is 0.681. The summed E-state index contributed by atoms with van der Waals surface area (Å²) in [5.74, 6) is -0.322. The summed E-state index contributed by atoms with van der Waals surface area (Å²) < 4.78 is 0. The molecule has 0 spiro atoms. The second-order valence-corrected chi connectivity index (χ2v) is 4.58. The van der Waals surface area contributed by atoms with E-state index in [0.29, 0.717) is 4.88 Å². The molecule has 18 heavy (non-hydrogen) atoms. The first-order valence-electron chi connectivity index (χ1n) is 5.18. The first kappa shape index (κ1) is 12.3. The molecule has 1 aromatic heterocycles. The summed E-state index contributed by atoms with van der Waals surface area (Å²) >= 11 is 1.31. The summed E-state index contributed by atoms with van der Waals surface area (Å²) in [7, 11) is 0. The van der Waals surface area contributed by atoms with E-state index in [0.717, 1.165) is 5.56 Å². The van der Waals surface area contributed by atoms with Crippen molar-refractivity contribution in [3.8, 4) is 0 Å². The molecule has 0 unspecified atom stereocenters. The molecule has 0 saturated carbocycles. The van der Waals surface area contributed by atoms with Crippen LogP contribution in [-0.2, 0) is 0 Å². The number of carbonyl (C=O) groups is 1. The van der Waals surface area contributed by atoms with Crippen LogP contribution in [0.3, 0.4) is 0 Å². The van der Waals surface area contributed by atoms with Crippen molar-refractivity contribution in [2.75, 3.05) is 5.32 Å². The van der Waals surface area contributed by atoms with Crippen molar-refractivity contribution in [3.05, 3.63) is 56.3 Å². The molecule has 1 aromatic carbocycles. The van der Waals surface area contributed by atoms with Crippen LogP contribution in [0.4, 0.5) is 11.4 Å². The Hall–Kier alpha value is -2.21. The predicted molar refractivity (Wildman–Crippen MR) is 70.1 cm³/mol. The fourth-order valence-corrected chi connectivity index (χ4v) is 2.34. The molecular formula is C12H10N2O3S. The highest BCUT2D eigenvalue weighted by Crippen LogP contribution is 2.25. The first-order valence-corrected chi connectivity index (χ1v) is 6.06. The van der Waals surface area contributed by atoms with E-state index in [1.54, 1.807) is 12.1 Å². The van der Waals surface area contributed by atoms with Crippen LogP contribution in [-0.4, -0.2) is 10.8 Å². The van der Waals surface area contributed by atoms with E-state index in [1.807, 2.05) is 18.4 Å². The van der Waals surface area contributed by atoms with Gasteiger partial charge in [-0.15, -0.1) is 11.3 Å². The Labute approximate surface area is 107 Å². The summed E-state index contributed by atoms with van der Waals surface area (Å²) in [6.07, 6.45) is 0. The number of thiophene rings is 1. The largest absolute Gasteiger partial charge is 0.316 e. The summed E-state index contributed by atoms with van der Waals surface area (Å²) in [5.41, 5.74) is 0.955. The van der Waals surface area contributed by atoms with Gasteiger partial charge in [-0.3, -0.25) is 14.9 Å². The van der Waals surface area contributed by atoms with Gasteiger partial charge in [-0.05, 0) is 30.0 Å². The molecule has 0 fully saturated rings. The molecule has 0 atom stereocenters. The number of hydrogen-bond donors (Lipinski definition) is 1. The highest BCUT2D eigenvalue weighted by atomic mass is 32.1. The van der Waals surface area contributed by atoms with Gasteiger partial charge in [-0.25, -0.2) is 0 Å². The molecule has 1 amide bonds. The molecule has 1 heterocycles. The van der Waals surface area contributed by atoms with Crippen LogP contribution >= 0.6 is 11.3 Å². The number of nitro groups is 1. The van der Waals surface area contributed by atoms with Crippen LogP contribution in [0.2, 0.25) is 0 Å². The molecule has 0 bridgehead atoms. The molecular weight excluding hydrogens is 252 g/mol. The lowest BCUT2D eigenvalue weighted by Crippen LogP contribution is -2.12. The Morgan fingerprint density at radius 2 is 2.06 bits per heavy atom. The van der Waals surface area contributed by atoms with Gasteiger partial charge in [0, 0.05) is 6.07 Å². The third-order valence-corrected chi connectivity index (χ3v) is 3.43. The lowest BCUT2D eigenvalue weighted by molar-refractivity contribution is -0.383. The second-order valence-electron chi connectivity index (χ2n) is 3.66. The molecule has 2 aromatic rings. The summed E-state index contributed by atoms with van der Waals surface area (Å²) in [5, 5.41) is 15.2. The molecule has 2 rings (SSSR count). The van der Waals surface area contributed by atoms with Crippen LogP contribution < -0.4 is 5.32 Å². The Morgan fingerprint density at radius 1 is 1.33 bits per heavy atom. The van der Waals surface area contributed by atoms with Gasteiger partial charge in [-0.2, -0.15) is 0 Å². The minimum absolute atomic E-state index is 0.111. The molecule has 0 radical (unpaired) electrons. The van der Waals surface area contributed by atoms with Crippen molar-refractivity contribution < 1.29 is 9.72 Å². The van der Waals surface area contributed by atoms with Crippen molar-refractivity contribution in [2.24, 2.45) is 0 Å². The van der Waals surface area contributed by atoms with Gasteiger partial charge in [0.2, 0.25) is 0 Å². The number of para-hydroxylation sites is 2. The van der Waals surface area contributed by atoms with Crippen molar-refractivity contribution in [1.82, 2.24) is 0 Å². The van der Waals surface area contributed by atoms with Crippen molar-refractivity contribution in [1.29, 1.82) is 0 Å². The van der Waals surface area contributed by atoms with Crippen LogP contribution in [0, 0.1) is 17.0 Å². The van der Waals surface area contributed by atoms with Gasteiger partial charge in [0.15, 0.2) is 0 Å². The monoisotopic (exact) mass is 262 g/mol. The van der Waals surface area contributed by atoms with Crippen LogP contribution in [0.25, 0.3) is 0 Å². The summed E-state index contributed by atoms with van der Waals surface area (Å²) in [6, 6.07) is 7.91. The first-order chi connectivity index (χ1) is 8.59. The number of nitro benzene ring substituents is 1. The molecule has 92 valence electrons. The fourth-order valence-electron chi connectivity index (χ4n) is 1.52. The van der Waals surface area contributed by atoms with Crippen molar-refractivity contribution >= 4 is 28.6 Å². The standard InChI is InChI=1S/C12H10N2O3S/c1-8-6-7-18-11(8)12(15)13-9-4-2-3-5-10(9)14(16)17/h2-7H,1H3,(H,13,15). The highest BCUT2D eigenvalue weighted by Gasteiger charge is 2.17. The highest BCUT2D eigenvalue weighted by molar-refractivity contribution is 7.12. The fraction of sp³-hybridized carbons (Fsp3) is 0.0833. The summed E-state index contributed by atoms with van der Waals surface area (Å²) in [6.45, 7) is 1.82. The number of benzene rings is 1. The molecule has 1 N–H and O–H groups in total. The van der Waals surface area contributed by atoms with Crippen LogP contribution in [0.5, 0.6) is 0 Å². The zero-order valence-corrected chi connectivity index (χ0v) is 10.4. The van der Waals surface area contributed by atoms with Gasteiger partial charge in [0.05, 0.1) is 9.80 Å². The Bertz CT molecular complexity index is 607. The molecule has 6 heteroatoms. The third-order valence-electron chi connectivity index (χ3n) is 2.42. The van der Waals surface area contributed by atoms with E-state index in [9.17, 15) is 14.9 Å². The smallest absolute Gasteiger partial charge is 0.292 e. The number of amides is 1. The van der Waals surface area contributed by atoms with E-state index >= 15 is 0 Å². The Balaban J connectivity index is 2.28. The van der Waals surface area contributed by atoms with Gasteiger partial charge in [0.1, 0.15) is 5.69 Å². The van der Waals surface area contributed by atoms with E-state index < -0.39 is 4.92 Å². The average molecular weight is 262 g/mol. The zero-order valence-electron chi connectivity index (χ0n) is 9.54. The van der Waals surface area contributed by atoms with Gasteiger partial charge in [0.25, 0.3) is 11.6 Å². The Kier molecular flexibility index (Phi) is 3.38. The second kappa shape index (κ2) is 4.97. The lowest BCUT2D eigenvalue weighted by Gasteiger charge is -2.04. The van der Waals surface area contributed by atoms with E-state index in [2.05, 4.69) is 5.32 Å². The normalized spacial score (nSPS) is 10.1. The maximum absolute atomic E-state index is 11.9. The third kappa shape index (κ3) is 2.38. The molecule has 0 aliphatic heterocycles. The van der Waals surface area contributed by atoms with E-state index in [1.165, 1.54) is 23.5 Å². The number of anilines is 1. The summed E-state index contributed by atoms with van der Waals surface area (Å²) in [4.78, 5) is 22.8. The van der Waals surface area contributed by atoms with Crippen LogP contribution in [0.15, 0.2) is 35.7 Å². The number of nitrogens with one attached hydrogen (secondary N) is 1. The van der Waals surface area contributed by atoms with Gasteiger partial charge < -0.3 is 5.32 Å². The lowest BCUT2D eigenvalue weighted by atomic mass is 10.2. The van der Waals surface area contributed by atoms with Gasteiger partial charge in [-0.1, -0.05) is 12.1 Å². The zero-order chi connectivity index (χ0) is 13.1. The SMILES string of the molecule is Cc1ccsc1C(=O)Nc1ccccc1[N+](=O)[O-]. The number of carbonyl (C=O) groups excluding carboxylic acids is 1. The topological polar surface area (TPSA) is 72.2 Å². The molecule has 0 saturated heterocycles.